The molecule has 0 amide bonds. The molecule has 0 fully saturated rings. The summed E-state index contributed by atoms with van der Waals surface area (Å²) in [6.45, 7) is 8.44. The SMILES string of the molecule is C=C(CC(C)C)Nc1cncc(-c2cnc3n[nH]c(-c4nc5nccc(-c6cccc(F)c6)c5[nH]4)c3c2)c1. The lowest BCUT2D eigenvalue weighted by Gasteiger charge is -2.12. The van der Waals surface area contributed by atoms with Crippen molar-refractivity contribution in [3.05, 3.63) is 85.3 Å². The minimum absolute atomic E-state index is 0.302. The van der Waals surface area contributed by atoms with Crippen LogP contribution in [0.3, 0.4) is 0 Å². The number of H-pyrrole nitrogens is 2. The normalized spacial score (nSPS) is 11.5. The highest BCUT2D eigenvalue weighted by Crippen LogP contribution is 2.32. The number of hydrogen-bond acceptors (Lipinski definition) is 6. The molecular weight excluding hydrogens is 479 g/mol. The van der Waals surface area contributed by atoms with Crippen LogP contribution in [-0.4, -0.2) is 35.1 Å². The summed E-state index contributed by atoms with van der Waals surface area (Å²) in [5.41, 5.74) is 7.65. The van der Waals surface area contributed by atoms with Crippen molar-refractivity contribution in [1.29, 1.82) is 0 Å². The maximum atomic E-state index is 13.9. The van der Waals surface area contributed by atoms with Gasteiger partial charge in [-0.3, -0.25) is 10.1 Å². The molecule has 8 nitrogen and oxygen atoms in total. The summed E-state index contributed by atoms with van der Waals surface area (Å²) in [5, 5.41) is 11.6. The molecule has 188 valence electrons. The molecule has 0 atom stereocenters. The van der Waals surface area contributed by atoms with Crippen LogP contribution in [-0.2, 0) is 0 Å². The average molecular weight is 505 g/mol. The molecule has 6 aromatic rings. The predicted molar refractivity (Wildman–Crippen MR) is 148 cm³/mol. The summed E-state index contributed by atoms with van der Waals surface area (Å²) in [6, 6.07) is 12.3. The first-order chi connectivity index (χ1) is 18.4. The predicted octanol–water partition coefficient (Wildman–Crippen LogP) is 6.74. The second-order valence-corrected chi connectivity index (χ2v) is 9.64. The van der Waals surface area contributed by atoms with Gasteiger partial charge in [0, 0.05) is 41.0 Å². The molecule has 5 heterocycles. The Morgan fingerprint density at radius 2 is 1.87 bits per heavy atom. The third-order valence-corrected chi connectivity index (χ3v) is 6.22. The van der Waals surface area contributed by atoms with Gasteiger partial charge >= 0.3 is 0 Å². The zero-order valence-electron chi connectivity index (χ0n) is 21.0. The third-order valence-electron chi connectivity index (χ3n) is 6.22. The maximum Gasteiger partial charge on any atom is 0.181 e. The highest BCUT2D eigenvalue weighted by atomic mass is 19.1. The molecule has 0 saturated heterocycles. The fourth-order valence-corrected chi connectivity index (χ4v) is 4.58. The summed E-state index contributed by atoms with van der Waals surface area (Å²) in [7, 11) is 0. The third kappa shape index (κ3) is 4.50. The standard InChI is InChI=1S/C29H25FN8/c1-16(2)9-17(3)34-22-11-19(13-31-15-22)20-12-24-26(37-38-27(24)33-14-20)29-35-25-23(7-8-32-28(25)36-29)18-5-4-6-21(30)10-18/h4-8,10-16,34H,3,9H2,1-2H3,(H,32,35,36)(H,33,37,38). The Morgan fingerprint density at radius 3 is 2.71 bits per heavy atom. The van der Waals surface area contributed by atoms with Gasteiger partial charge in [-0.15, -0.1) is 0 Å². The Labute approximate surface area is 218 Å². The number of aromatic amines is 2. The quantitative estimate of drug-likeness (QED) is 0.222. The first kappa shape index (κ1) is 23.5. The van der Waals surface area contributed by atoms with Gasteiger partial charge in [-0.1, -0.05) is 32.6 Å². The number of aromatic nitrogens is 7. The fourth-order valence-electron chi connectivity index (χ4n) is 4.58. The van der Waals surface area contributed by atoms with E-state index in [9.17, 15) is 4.39 Å². The number of pyridine rings is 3. The molecule has 0 spiro atoms. The van der Waals surface area contributed by atoms with Gasteiger partial charge in [0.25, 0.3) is 0 Å². The molecule has 0 unspecified atom stereocenters. The van der Waals surface area contributed by atoms with Gasteiger partial charge in [0.1, 0.15) is 11.5 Å². The number of allylic oxidation sites excluding steroid dienone is 1. The van der Waals surface area contributed by atoms with Crippen molar-refractivity contribution in [3.8, 4) is 33.8 Å². The number of halogens is 1. The van der Waals surface area contributed by atoms with Gasteiger partial charge < -0.3 is 10.3 Å². The smallest absolute Gasteiger partial charge is 0.181 e. The summed E-state index contributed by atoms with van der Waals surface area (Å²) >= 11 is 0. The Bertz CT molecular complexity index is 1800. The van der Waals surface area contributed by atoms with Crippen molar-refractivity contribution >= 4 is 27.9 Å². The topological polar surface area (TPSA) is 108 Å². The summed E-state index contributed by atoms with van der Waals surface area (Å²) < 4.78 is 13.9. The molecule has 5 aromatic heterocycles. The van der Waals surface area contributed by atoms with Crippen LogP contribution in [0.2, 0.25) is 0 Å². The van der Waals surface area contributed by atoms with Crippen LogP contribution in [0.15, 0.2) is 79.5 Å². The van der Waals surface area contributed by atoms with Crippen molar-refractivity contribution in [2.24, 2.45) is 5.92 Å². The van der Waals surface area contributed by atoms with Crippen LogP contribution in [0.1, 0.15) is 20.3 Å². The number of anilines is 1. The van der Waals surface area contributed by atoms with E-state index in [0.717, 1.165) is 45.4 Å². The van der Waals surface area contributed by atoms with E-state index >= 15 is 0 Å². The number of rotatable bonds is 7. The minimum Gasteiger partial charge on any atom is -0.358 e. The van der Waals surface area contributed by atoms with Crippen molar-refractivity contribution < 1.29 is 4.39 Å². The van der Waals surface area contributed by atoms with E-state index in [2.05, 4.69) is 55.9 Å². The number of nitrogens with one attached hydrogen (secondary N) is 3. The number of nitrogens with zero attached hydrogens (tertiary/aromatic N) is 5. The van der Waals surface area contributed by atoms with E-state index < -0.39 is 0 Å². The lowest BCUT2D eigenvalue weighted by Crippen LogP contribution is -2.02. The average Bonchev–Trinajstić information content (AvgIpc) is 3.52. The van der Waals surface area contributed by atoms with Gasteiger partial charge in [-0.05, 0) is 48.2 Å². The zero-order chi connectivity index (χ0) is 26.2. The molecule has 0 bridgehead atoms. The molecule has 0 aliphatic rings. The van der Waals surface area contributed by atoms with Gasteiger partial charge in [0.15, 0.2) is 17.1 Å². The zero-order valence-corrected chi connectivity index (χ0v) is 21.0. The second-order valence-electron chi connectivity index (χ2n) is 9.64. The Morgan fingerprint density at radius 1 is 1.00 bits per heavy atom. The highest BCUT2D eigenvalue weighted by molar-refractivity contribution is 5.96. The Hall–Kier alpha value is -4.92. The van der Waals surface area contributed by atoms with Crippen molar-refractivity contribution in [2.75, 3.05) is 5.32 Å². The number of imidazole rings is 1. The van der Waals surface area contributed by atoms with E-state index in [-0.39, 0.29) is 5.82 Å². The van der Waals surface area contributed by atoms with E-state index in [1.54, 1.807) is 30.9 Å². The van der Waals surface area contributed by atoms with E-state index in [0.29, 0.717) is 34.2 Å². The molecule has 0 radical (unpaired) electrons. The molecule has 0 aliphatic carbocycles. The molecule has 38 heavy (non-hydrogen) atoms. The molecular formula is C29H25FN8. The second kappa shape index (κ2) is 9.51. The van der Waals surface area contributed by atoms with Crippen LogP contribution in [0.25, 0.3) is 56.0 Å². The first-order valence-electron chi connectivity index (χ1n) is 12.3. The maximum absolute atomic E-state index is 13.9. The molecule has 1 aromatic carbocycles. The summed E-state index contributed by atoms with van der Waals surface area (Å²) in [6.07, 6.45) is 7.90. The largest absolute Gasteiger partial charge is 0.358 e. The van der Waals surface area contributed by atoms with Crippen LogP contribution in [0.4, 0.5) is 10.1 Å². The lowest BCUT2D eigenvalue weighted by atomic mass is 10.1. The first-order valence-corrected chi connectivity index (χ1v) is 12.3. The van der Waals surface area contributed by atoms with Gasteiger partial charge in [-0.25, -0.2) is 19.3 Å². The monoisotopic (exact) mass is 504 g/mol. The fraction of sp³-hybridized carbons (Fsp3) is 0.138. The molecule has 0 saturated carbocycles. The van der Waals surface area contributed by atoms with E-state index in [4.69, 9.17) is 4.98 Å². The Balaban J connectivity index is 1.38. The van der Waals surface area contributed by atoms with Crippen molar-refractivity contribution in [2.45, 2.75) is 20.3 Å². The van der Waals surface area contributed by atoms with Gasteiger partial charge in [0.05, 0.1) is 22.8 Å². The number of benzene rings is 1. The number of fused-ring (bicyclic) bond motifs is 2. The van der Waals surface area contributed by atoms with Crippen molar-refractivity contribution in [1.82, 2.24) is 35.1 Å². The van der Waals surface area contributed by atoms with Crippen LogP contribution in [0.5, 0.6) is 0 Å². The molecule has 9 heteroatoms. The lowest BCUT2D eigenvalue weighted by molar-refractivity contribution is 0.628. The Kier molecular flexibility index (Phi) is 5.88. The van der Waals surface area contributed by atoms with Crippen LogP contribution < -0.4 is 5.32 Å². The van der Waals surface area contributed by atoms with Crippen LogP contribution >= 0.6 is 0 Å². The summed E-state index contributed by atoms with van der Waals surface area (Å²) in [5.74, 6) is 0.773. The molecule has 3 N–H and O–H groups in total. The van der Waals surface area contributed by atoms with Gasteiger partial charge in [-0.2, -0.15) is 5.10 Å². The molecule has 0 aliphatic heterocycles. The van der Waals surface area contributed by atoms with Crippen molar-refractivity contribution in [3.63, 3.8) is 0 Å². The van der Waals surface area contributed by atoms with E-state index in [1.807, 2.05) is 24.3 Å². The number of hydrogen-bond donors (Lipinski definition) is 3. The molecule has 6 rings (SSSR count). The van der Waals surface area contributed by atoms with Gasteiger partial charge in [0.2, 0.25) is 0 Å². The highest BCUT2D eigenvalue weighted by Gasteiger charge is 2.17. The van der Waals surface area contributed by atoms with Crippen LogP contribution in [0, 0.1) is 11.7 Å². The minimum atomic E-state index is -0.302. The summed E-state index contributed by atoms with van der Waals surface area (Å²) in [4.78, 5) is 21.4. The van der Waals surface area contributed by atoms with E-state index in [1.165, 1.54) is 12.1 Å².